The van der Waals surface area contributed by atoms with Gasteiger partial charge in [-0.1, -0.05) is 42.5 Å². The van der Waals surface area contributed by atoms with E-state index in [0.29, 0.717) is 22.5 Å². The molecular weight excluding hydrogens is 407 g/mol. The van der Waals surface area contributed by atoms with Crippen molar-refractivity contribution in [2.45, 2.75) is 0 Å². The molecule has 2 heterocycles. The maximum atomic E-state index is 14.0. The van der Waals surface area contributed by atoms with Gasteiger partial charge >= 0.3 is 0 Å². The van der Waals surface area contributed by atoms with Crippen LogP contribution in [0.1, 0.15) is 5.76 Å². The highest BCUT2D eigenvalue weighted by Gasteiger charge is 2.13. The molecule has 1 N–H and O–H groups in total. The van der Waals surface area contributed by atoms with E-state index < -0.39 is 5.82 Å². The van der Waals surface area contributed by atoms with Crippen LogP contribution in [0.3, 0.4) is 0 Å². The Morgan fingerprint density at radius 1 is 0.906 bits per heavy atom. The summed E-state index contributed by atoms with van der Waals surface area (Å²) in [6.07, 6.45) is 3.00. The molecule has 0 fully saturated rings. The number of oxazole rings is 1. The minimum atomic E-state index is -0.411. The lowest BCUT2D eigenvalue weighted by Gasteiger charge is -2.00. The van der Waals surface area contributed by atoms with Gasteiger partial charge in [0.05, 0.1) is 5.56 Å². The van der Waals surface area contributed by atoms with E-state index in [1.165, 1.54) is 12.1 Å². The molecule has 0 saturated carbocycles. The second kappa shape index (κ2) is 8.35. The summed E-state index contributed by atoms with van der Waals surface area (Å²) in [6, 6.07) is 24.7. The third-order valence-electron chi connectivity index (χ3n) is 4.84. The molecule has 6 heteroatoms. The highest BCUT2D eigenvalue weighted by atomic mass is 19.1. The number of benzene rings is 3. The van der Waals surface area contributed by atoms with E-state index in [2.05, 4.69) is 10.3 Å². The summed E-state index contributed by atoms with van der Waals surface area (Å²) in [5.41, 5.74) is 2.81. The number of rotatable bonds is 5. The lowest BCUT2D eigenvalue weighted by Crippen LogP contribution is -2.07. The van der Waals surface area contributed by atoms with Gasteiger partial charge in [-0.25, -0.2) is 9.37 Å². The molecule has 32 heavy (non-hydrogen) atoms. The number of nitrogens with zero attached hydrogens (tertiary/aromatic N) is 1. The van der Waals surface area contributed by atoms with Crippen molar-refractivity contribution in [3.05, 3.63) is 103 Å². The SMILES string of the molecule is O=C(/C=C/c1ccc(-c2ccccc2)o1)Nc1ccc2oc(-c3ccccc3F)nc2c1. The molecule has 1 amide bonds. The van der Waals surface area contributed by atoms with Gasteiger partial charge < -0.3 is 14.2 Å². The van der Waals surface area contributed by atoms with E-state index in [1.807, 2.05) is 36.4 Å². The first kappa shape index (κ1) is 19.5. The monoisotopic (exact) mass is 424 g/mol. The molecule has 0 bridgehead atoms. The van der Waals surface area contributed by atoms with Crippen LogP contribution in [-0.2, 0) is 4.79 Å². The van der Waals surface area contributed by atoms with Crippen molar-refractivity contribution in [3.63, 3.8) is 0 Å². The highest BCUT2D eigenvalue weighted by molar-refractivity contribution is 6.02. The Hall–Kier alpha value is -4.45. The minimum absolute atomic E-state index is 0.188. The number of hydrogen-bond acceptors (Lipinski definition) is 4. The summed E-state index contributed by atoms with van der Waals surface area (Å²) in [5.74, 6) is 0.757. The van der Waals surface area contributed by atoms with Gasteiger partial charge in [0, 0.05) is 17.3 Å². The maximum absolute atomic E-state index is 14.0. The molecule has 0 atom stereocenters. The minimum Gasteiger partial charge on any atom is -0.457 e. The van der Waals surface area contributed by atoms with Crippen molar-refractivity contribution < 1.29 is 18.0 Å². The Labute approximate surface area is 182 Å². The van der Waals surface area contributed by atoms with Crippen molar-refractivity contribution in [1.82, 2.24) is 4.98 Å². The topological polar surface area (TPSA) is 68.3 Å². The third-order valence-corrected chi connectivity index (χ3v) is 4.84. The van der Waals surface area contributed by atoms with Gasteiger partial charge in [-0.05, 0) is 48.5 Å². The molecule has 5 aromatic rings. The molecule has 0 aliphatic carbocycles. The fourth-order valence-corrected chi connectivity index (χ4v) is 3.30. The molecule has 0 aliphatic heterocycles. The van der Waals surface area contributed by atoms with Crippen LogP contribution in [-0.4, -0.2) is 10.9 Å². The van der Waals surface area contributed by atoms with Gasteiger partial charge in [-0.2, -0.15) is 0 Å². The first-order chi connectivity index (χ1) is 15.7. The number of fused-ring (bicyclic) bond motifs is 1. The summed E-state index contributed by atoms with van der Waals surface area (Å²) in [7, 11) is 0. The van der Waals surface area contributed by atoms with Crippen molar-refractivity contribution in [3.8, 4) is 22.8 Å². The van der Waals surface area contributed by atoms with Crippen LogP contribution in [0.2, 0.25) is 0 Å². The standard InChI is InChI=1S/C26H17FN2O3/c27-21-9-5-4-8-20(21)26-29-22-16-18(10-13-24(22)32-26)28-25(30)15-12-19-11-14-23(31-19)17-6-2-1-3-7-17/h1-16H,(H,28,30)/b15-12+. The first-order valence-electron chi connectivity index (χ1n) is 9.95. The second-order valence-electron chi connectivity index (χ2n) is 7.07. The van der Waals surface area contributed by atoms with Crippen LogP contribution in [0.15, 0.2) is 99.8 Å². The molecule has 0 saturated heterocycles. The smallest absolute Gasteiger partial charge is 0.248 e. The molecule has 5 nitrogen and oxygen atoms in total. The Morgan fingerprint density at radius 2 is 1.72 bits per heavy atom. The Balaban J connectivity index is 1.29. The molecule has 0 spiro atoms. The average molecular weight is 424 g/mol. The number of halogens is 1. The number of aromatic nitrogens is 1. The van der Waals surface area contributed by atoms with E-state index >= 15 is 0 Å². The highest BCUT2D eigenvalue weighted by Crippen LogP contribution is 2.28. The van der Waals surface area contributed by atoms with Crippen molar-refractivity contribution in [2.24, 2.45) is 0 Å². The van der Waals surface area contributed by atoms with Gasteiger partial charge in [0.15, 0.2) is 5.58 Å². The van der Waals surface area contributed by atoms with Gasteiger partial charge in [0.2, 0.25) is 11.8 Å². The predicted octanol–water partition coefficient (Wildman–Crippen LogP) is 6.55. The van der Waals surface area contributed by atoms with E-state index in [-0.39, 0.29) is 17.4 Å². The number of carbonyl (C=O) groups is 1. The lowest BCUT2D eigenvalue weighted by atomic mass is 10.2. The summed E-state index contributed by atoms with van der Waals surface area (Å²) in [5, 5.41) is 2.78. The van der Waals surface area contributed by atoms with Gasteiger partial charge in [-0.15, -0.1) is 0 Å². The predicted molar refractivity (Wildman–Crippen MR) is 121 cm³/mol. The molecular formula is C26H17FN2O3. The van der Waals surface area contributed by atoms with Crippen LogP contribution in [0.25, 0.3) is 40.0 Å². The summed E-state index contributed by atoms with van der Waals surface area (Å²) < 4.78 is 25.4. The van der Waals surface area contributed by atoms with Gasteiger partial charge in [0.1, 0.15) is 22.9 Å². The molecule has 156 valence electrons. The second-order valence-corrected chi connectivity index (χ2v) is 7.07. The van der Waals surface area contributed by atoms with E-state index in [4.69, 9.17) is 8.83 Å². The molecule has 0 radical (unpaired) electrons. The number of furan rings is 1. The Morgan fingerprint density at radius 3 is 2.56 bits per heavy atom. The van der Waals surface area contributed by atoms with Crippen LogP contribution >= 0.6 is 0 Å². The fourth-order valence-electron chi connectivity index (χ4n) is 3.30. The zero-order valence-electron chi connectivity index (χ0n) is 16.8. The van der Waals surface area contributed by atoms with E-state index in [0.717, 1.165) is 11.3 Å². The van der Waals surface area contributed by atoms with Crippen molar-refractivity contribution >= 4 is 28.8 Å². The number of amides is 1. The van der Waals surface area contributed by atoms with Crippen LogP contribution in [0, 0.1) is 5.82 Å². The van der Waals surface area contributed by atoms with Crippen LogP contribution in [0.5, 0.6) is 0 Å². The van der Waals surface area contributed by atoms with Crippen LogP contribution in [0.4, 0.5) is 10.1 Å². The molecule has 5 rings (SSSR count). The zero-order valence-corrected chi connectivity index (χ0v) is 16.8. The zero-order chi connectivity index (χ0) is 21.9. The summed E-state index contributed by atoms with van der Waals surface area (Å²) in [4.78, 5) is 16.7. The quantitative estimate of drug-likeness (QED) is 0.325. The summed E-state index contributed by atoms with van der Waals surface area (Å²) in [6.45, 7) is 0. The van der Waals surface area contributed by atoms with E-state index in [1.54, 1.807) is 48.5 Å². The van der Waals surface area contributed by atoms with Gasteiger partial charge in [-0.3, -0.25) is 4.79 Å². The van der Waals surface area contributed by atoms with Crippen molar-refractivity contribution in [1.29, 1.82) is 0 Å². The lowest BCUT2D eigenvalue weighted by molar-refractivity contribution is -0.111. The van der Waals surface area contributed by atoms with Gasteiger partial charge in [0.25, 0.3) is 0 Å². The average Bonchev–Trinajstić information content (AvgIpc) is 3.45. The van der Waals surface area contributed by atoms with Crippen LogP contribution < -0.4 is 5.32 Å². The Kier molecular flexibility index (Phi) is 5.09. The molecule has 2 aromatic heterocycles. The van der Waals surface area contributed by atoms with E-state index in [9.17, 15) is 9.18 Å². The molecule has 0 aliphatic rings. The third kappa shape index (κ3) is 4.06. The number of nitrogens with one attached hydrogen (secondary N) is 1. The first-order valence-corrected chi connectivity index (χ1v) is 9.95. The number of hydrogen-bond donors (Lipinski definition) is 1. The Bertz CT molecular complexity index is 1430. The van der Waals surface area contributed by atoms with Crippen molar-refractivity contribution in [2.75, 3.05) is 5.32 Å². The normalized spacial score (nSPS) is 11.3. The fraction of sp³-hybridized carbons (Fsp3) is 0. The number of anilines is 1. The molecule has 3 aromatic carbocycles. The maximum Gasteiger partial charge on any atom is 0.248 e. The summed E-state index contributed by atoms with van der Waals surface area (Å²) >= 11 is 0. The largest absolute Gasteiger partial charge is 0.457 e. The number of carbonyl (C=O) groups excluding carboxylic acids is 1. The molecule has 0 unspecified atom stereocenters.